The molecule has 0 unspecified atom stereocenters. The van der Waals surface area contributed by atoms with Crippen LogP contribution >= 0.6 is 0 Å². The molecule has 4 rings (SSSR count). The number of para-hydroxylation sites is 1. The molecule has 0 heterocycles. The Morgan fingerprint density at radius 1 is 0.529 bits per heavy atom. The first kappa shape index (κ1) is 63.6. The van der Waals surface area contributed by atoms with E-state index in [1.54, 1.807) is 0 Å². The highest BCUT2D eigenvalue weighted by Gasteiger charge is 2.13. The largest absolute Gasteiger partial charge is 0.478 e. The average molecular weight is 932 g/mol. The van der Waals surface area contributed by atoms with Gasteiger partial charge in [0.25, 0.3) is 0 Å². The van der Waals surface area contributed by atoms with Gasteiger partial charge in [-0.2, -0.15) is 0 Å². The maximum Gasteiger partial charge on any atom is 0.330 e. The van der Waals surface area contributed by atoms with Gasteiger partial charge in [-0.1, -0.05) is 124 Å². The Labute approximate surface area is 401 Å². The third-order valence-corrected chi connectivity index (χ3v) is 7.07. The fourth-order valence-electron chi connectivity index (χ4n) is 3.86. The molecule has 0 atom stereocenters. The molecule has 0 aliphatic rings. The Hall–Kier alpha value is -8.65. The van der Waals surface area contributed by atoms with Crippen LogP contribution in [0.4, 0.5) is 17.1 Å². The first-order chi connectivity index (χ1) is 32.0. The lowest BCUT2D eigenvalue weighted by Gasteiger charge is -2.17. The number of amides is 3. The smallest absolute Gasteiger partial charge is 0.330 e. The molecule has 4 aromatic rings. The van der Waals surface area contributed by atoms with Crippen molar-refractivity contribution in [2.45, 2.75) is 53.8 Å². The van der Waals surface area contributed by atoms with Crippen LogP contribution in [0.5, 0.6) is 0 Å². The van der Waals surface area contributed by atoms with Crippen LogP contribution < -0.4 is 16.0 Å². The number of carboxylic acid groups (broad SMARTS) is 1. The van der Waals surface area contributed by atoms with Crippen LogP contribution in [0.2, 0.25) is 0 Å². The fraction of sp³-hybridized carbons (Fsp3) is 0.167. The molecule has 0 bridgehead atoms. The Kier molecular flexibility index (Phi) is 36.3. The lowest BCUT2D eigenvalue weighted by Crippen LogP contribution is -2.22. The van der Waals surface area contributed by atoms with Gasteiger partial charge in [0.05, 0.1) is 7.11 Å². The summed E-state index contributed by atoms with van der Waals surface area (Å²) in [6.07, 6.45) is 8.02. The van der Waals surface area contributed by atoms with Crippen molar-refractivity contribution in [3.05, 3.63) is 214 Å². The number of nitrogens with one attached hydrogen (secondary N) is 3. The van der Waals surface area contributed by atoms with E-state index in [1.165, 1.54) is 30.9 Å². The van der Waals surface area contributed by atoms with E-state index in [2.05, 4.69) is 66.7 Å². The summed E-state index contributed by atoms with van der Waals surface area (Å²) in [5.74, 6) is -2.68. The monoisotopic (exact) mass is 931 g/mol. The third-order valence-electron chi connectivity index (χ3n) is 7.07. The van der Waals surface area contributed by atoms with Gasteiger partial charge >= 0.3 is 23.9 Å². The summed E-state index contributed by atoms with van der Waals surface area (Å²) in [4.78, 5) is 72.8. The Morgan fingerprint density at radius 2 is 1.00 bits per heavy atom. The highest BCUT2D eigenvalue weighted by Crippen LogP contribution is 2.13. The van der Waals surface area contributed by atoms with E-state index in [9.17, 15) is 33.6 Å². The molecule has 0 aliphatic carbocycles. The van der Waals surface area contributed by atoms with Crippen molar-refractivity contribution in [2.24, 2.45) is 0 Å². The second-order valence-electron chi connectivity index (χ2n) is 13.9. The third kappa shape index (κ3) is 39.0. The summed E-state index contributed by atoms with van der Waals surface area (Å²) >= 11 is 0. The van der Waals surface area contributed by atoms with Gasteiger partial charge in [0.15, 0.2) is 0 Å². The molecule has 0 aliphatic heterocycles. The quantitative estimate of drug-likeness (QED) is 0.0598. The molecule has 0 fully saturated rings. The number of carbonyl (C=O) groups is 7. The second kappa shape index (κ2) is 38.8. The molecule has 0 saturated carbocycles. The number of carboxylic acids is 1. The summed E-state index contributed by atoms with van der Waals surface area (Å²) in [5, 5.41) is 15.6. The zero-order valence-electron chi connectivity index (χ0n) is 40.0. The minimum atomic E-state index is -0.981. The predicted octanol–water partition coefficient (Wildman–Crippen LogP) is 10.4. The van der Waals surface area contributed by atoms with Crippen LogP contribution in [-0.2, 0) is 54.4 Å². The number of benzene rings is 4. The highest BCUT2D eigenvalue weighted by molar-refractivity contribution is 6.00. The van der Waals surface area contributed by atoms with Crippen molar-refractivity contribution < 1.29 is 52.9 Å². The van der Waals surface area contributed by atoms with Crippen LogP contribution in [0.15, 0.2) is 192 Å². The topological polar surface area (TPSA) is 203 Å². The van der Waals surface area contributed by atoms with E-state index in [0.717, 1.165) is 58.1 Å². The highest BCUT2D eigenvalue weighted by atomic mass is 16.6. The van der Waals surface area contributed by atoms with Crippen molar-refractivity contribution in [2.75, 3.05) is 23.1 Å². The van der Waals surface area contributed by atoms with Crippen molar-refractivity contribution in [3.63, 3.8) is 0 Å². The molecule has 0 saturated heterocycles. The van der Waals surface area contributed by atoms with E-state index < -0.39 is 17.5 Å². The van der Waals surface area contributed by atoms with E-state index in [-0.39, 0.29) is 29.7 Å². The van der Waals surface area contributed by atoms with Gasteiger partial charge in [-0.25, -0.2) is 19.2 Å². The van der Waals surface area contributed by atoms with E-state index in [0.29, 0.717) is 6.61 Å². The molecule has 0 radical (unpaired) electrons. The van der Waals surface area contributed by atoms with Crippen LogP contribution in [0.1, 0.15) is 43.0 Å². The zero-order chi connectivity index (χ0) is 52.5. The fourth-order valence-corrected chi connectivity index (χ4v) is 3.86. The Bertz CT molecular complexity index is 2260. The Balaban J connectivity index is -0.000000739. The van der Waals surface area contributed by atoms with Crippen molar-refractivity contribution in [3.8, 4) is 0 Å². The first-order valence-electron chi connectivity index (χ1n) is 20.3. The van der Waals surface area contributed by atoms with Gasteiger partial charge in [0.1, 0.15) is 12.2 Å². The van der Waals surface area contributed by atoms with Crippen LogP contribution in [0.3, 0.4) is 0 Å². The minimum Gasteiger partial charge on any atom is -0.478 e. The number of rotatable bonds is 12. The first-order valence-corrected chi connectivity index (χ1v) is 20.3. The van der Waals surface area contributed by atoms with Crippen molar-refractivity contribution >= 4 is 58.7 Å². The van der Waals surface area contributed by atoms with Gasteiger partial charge in [-0.15, -0.1) is 0 Å². The molecule has 0 spiro atoms. The lowest BCUT2D eigenvalue weighted by molar-refractivity contribution is -0.148. The number of anilines is 3. The van der Waals surface area contributed by atoms with E-state index in [4.69, 9.17) is 14.6 Å². The maximum absolute atomic E-state index is 10.9. The summed E-state index contributed by atoms with van der Waals surface area (Å²) in [5.41, 5.74) is 6.36. The van der Waals surface area contributed by atoms with Gasteiger partial charge in [-0.3, -0.25) is 14.4 Å². The van der Waals surface area contributed by atoms with Crippen molar-refractivity contribution in [1.29, 1.82) is 0 Å². The van der Waals surface area contributed by atoms with Gasteiger partial charge in [0.2, 0.25) is 17.7 Å². The van der Waals surface area contributed by atoms with Crippen LogP contribution in [-0.4, -0.2) is 59.4 Å². The molecule has 3 amide bonds. The minimum absolute atomic E-state index is 0.177. The van der Waals surface area contributed by atoms with Gasteiger partial charge in [0, 0.05) is 41.4 Å². The molecule has 4 aromatic carbocycles. The SMILES string of the molecule is C=CC(=O)Nc1ccc(C)cc1.C=CC(=O)Nc1cccc(C)c1.C=CC(=O)Nc1ccccc1C.C=CC(=O)O.C=CC(=O)OC.C=CC(=O)OC(C)(C)C.C=CC(=O)OCc1ccccc1. The number of aryl methyl sites for hydroxylation is 3. The maximum atomic E-state index is 10.9. The normalized spacial score (nSPS) is 8.87. The summed E-state index contributed by atoms with van der Waals surface area (Å²) in [7, 11) is 1.31. The Morgan fingerprint density at radius 3 is 1.40 bits per heavy atom. The van der Waals surface area contributed by atoms with Crippen molar-refractivity contribution in [1.82, 2.24) is 0 Å². The number of esters is 3. The number of carbonyl (C=O) groups excluding carboxylic acids is 6. The number of ether oxygens (including phenoxy) is 3. The number of methoxy groups -OCH3 is 1. The number of aliphatic carboxylic acids is 1. The van der Waals surface area contributed by atoms with Crippen LogP contribution in [0.25, 0.3) is 0 Å². The van der Waals surface area contributed by atoms with Gasteiger partial charge in [-0.05, 0) is 107 Å². The predicted molar refractivity (Wildman–Crippen MR) is 273 cm³/mol. The molecule has 4 N–H and O–H groups in total. The molecule has 14 nitrogen and oxygen atoms in total. The van der Waals surface area contributed by atoms with E-state index >= 15 is 0 Å². The lowest BCUT2D eigenvalue weighted by atomic mass is 10.2. The van der Waals surface area contributed by atoms with Crippen LogP contribution in [0, 0.1) is 20.8 Å². The van der Waals surface area contributed by atoms with E-state index in [1.807, 2.05) is 145 Å². The average Bonchev–Trinajstić information content (AvgIpc) is 3.32. The van der Waals surface area contributed by atoms with Gasteiger partial charge < -0.3 is 35.3 Å². The second-order valence-corrected chi connectivity index (χ2v) is 13.9. The molecule has 0 aromatic heterocycles. The molecular formula is C54H65N3O11. The molecule has 68 heavy (non-hydrogen) atoms. The molecule has 362 valence electrons. The molecule has 14 heteroatoms. The standard InChI is InChI=1S/3C10H11NO.C10H10O2.C7H12O2.C4H6O2.C3H4O2/c1-3-10(12)11-9-6-4-8(2)5-7-9;1-3-10(12)11-9-6-4-5-8(2)7-9;1-3-10(12)11-9-7-5-4-6-8(9)2;1-2-10(11)12-8-9-6-4-3-5-7-9;1-5-6(8)9-7(2,3)4;1-3-4(5)6-2;1-2-3(4)5/h3*3-7H,1H2,2H3,(H,11,12);2-7H,1,8H2;5H,1H2,2-4H3;3H,1H2,2H3;2H,1H2,(H,4,5). The molecular weight excluding hydrogens is 867 g/mol. The zero-order valence-corrected chi connectivity index (χ0v) is 40.0. The summed E-state index contributed by atoms with van der Waals surface area (Å²) < 4.78 is 13.8. The summed E-state index contributed by atoms with van der Waals surface area (Å²) in [6, 6.07) is 32.3. The number of hydrogen-bond acceptors (Lipinski definition) is 10. The number of hydrogen-bond donors (Lipinski definition) is 4. The summed E-state index contributed by atoms with van der Waals surface area (Å²) in [6.45, 7) is 34.5.